The number of nitrogens with one attached hydrogen (secondary N) is 1. The van der Waals surface area contributed by atoms with Crippen molar-refractivity contribution in [1.82, 2.24) is 19.4 Å². The summed E-state index contributed by atoms with van der Waals surface area (Å²) in [6, 6.07) is 22.7. The molecule has 1 unspecified atom stereocenters. The Hall–Kier alpha value is -4.76. The Morgan fingerprint density at radius 1 is 0.951 bits per heavy atom. The second-order valence-electron chi connectivity index (χ2n) is 10.3. The number of pyridine rings is 1. The van der Waals surface area contributed by atoms with E-state index in [0.717, 1.165) is 16.6 Å². The van der Waals surface area contributed by atoms with Gasteiger partial charge in [-0.3, -0.25) is 9.36 Å². The molecule has 1 N–H and O–H groups in total. The maximum absolute atomic E-state index is 13.9. The van der Waals surface area contributed by atoms with E-state index < -0.39 is 6.09 Å². The second kappa shape index (κ2) is 10.0. The zero-order valence-corrected chi connectivity index (χ0v) is 22.3. The monoisotopic (exact) mass is 567 g/mol. The number of likely N-dealkylation sites (tertiary alicyclic amines) is 1. The molecule has 41 heavy (non-hydrogen) atoms. The zero-order valence-electron chi connectivity index (χ0n) is 21.6. The molecule has 2 aliphatic rings. The number of aromatic nitrogens is 3. The lowest BCUT2D eigenvalue weighted by molar-refractivity contribution is -0.118. The number of amides is 2. The minimum absolute atomic E-state index is 0.0932. The van der Waals surface area contributed by atoms with Crippen LogP contribution in [0.3, 0.4) is 0 Å². The molecular weight excluding hydrogens is 545 g/mol. The number of para-hydroxylation sites is 1. The van der Waals surface area contributed by atoms with Crippen LogP contribution in [-0.4, -0.2) is 44.5 Å². The lowest BCUT2D eigenvalue weighted by atomic mass is 10.1. The summed E-state index contributed by atoms with van der Waals surface area (Å²) in [4.78, 5) is 36.0. The molecule has 1 saturated carbocycles. The second-order valence-corrected chi connectivity index (χ2v) is 10.7. The molecule has 1 aliphatic carbocycles. The Labute approximate surface area is 239 Å². The minimum Gasteiger partial charge on any atom is -0.410 e. The van der Waals surface area contributed by atoms with Gasteiger partial charge in [0.2, 0.25) is 5.91 Å². The highest BCUT2D eigenvalue weighted by Gasteiger charge is 2.60. The molecule has 2 aromatic heterocycles. The summed E-state index contributed by atoms with van der Waals surface area (Å²) in [5, 5.41) is 3.35. The van der Waals surface area contributed by atoms with Gasteiger partial charge in [0, 0.05) is 30.8 Å². The third-order valence-electron chi connectivity index (χ3n) is 7.75. The average molecular weight is 568 g/mol. The normalized spacial score (nSPS) is 19.2. The van der Waals surface area contributed by atoms with E-state index in [9.17, 15) is 14.0 Å². The first kappa shape index (κ1) is 25.2. The van der Waals surface area contributed by atoms with E-state index in [2.05, 4.69) is 15.3 Å². The van der Waals surface area contributed by atoms with Crippen LogP contribution in [-0.2, 0) is 4.79 Å². The highest BCUT2D eigenvalue weighted by atomic mass is 35.5. The van der Waals surface area contributed by atoms with Crippen molar-refractivity contribution in [2.45, 2.75) is 0 Å². The van der Waals surface area contributed by atoms with Gasteiger partial charge in [0.05, 0.1) is 21.7 Å². The molecule has 3 heterocycles. The van der Waals surface area contributed by atoms with E-state index in [1.807, 2.05) is 34.9 Å². The number of nitrogens with zero attached hydrogens (tertiary/aromatic N) is 4. The van der Waals surface area contributed by atoms with Crippen LogP contribution in [0, 0.1) is 23.6 Å². The molecule has 5 aromatic rings. The van der Waals surface area contributed by atoms with Crippen LogP contribution in [0.4, 0.5) is 15.0 Å². The van der Waals surface area contributed by atoms with Crippen molar-refractivity contribution in [2.24, 2.45) is 17.8 Å². The predicted molar refractivity (Wildman–Crippen MR) is 152 cm³/mol. The summed E-state index contributed by atoms with van der Waals surface area (Å²) in [6.07, 6.45) is 2.76. The lowest BCUT2D eigenvalue weighted by Crippen LogP contribution is -2.35. The number of anilines is 1. The lowest BCUT2D eigenvalue weighted by Gasteiger charge is -2.19. The molecule has 10 heteroatoms. The van der Waals surface area contributed by atoms with E-state index in [1.54, 1.807) is 47.6 Å². The van der Waals surface area contributed by atoms with Crippen molar-refractivity contribution in [3.8, 4) is 22.6 Å². The molecule has 1 aliphatic heterocycles. The minimum atomic E-state index is -0.401. The van der Waals surface area contributed by atoms with Gasteiger partial charge < -0.3 is 15.0 Å². The molecule has 7 rings (SSSR count). The third-order valence-corrected chi connectivity index (χ3v) is 8.06. The summed E-state index contributed by atoms with van der Waals surface area (Å²) in [5.74, 6) is 0.419. The summed E-state index contributed by atoms with van der Waals surface area (Å²) < 4.78 is 21.1. The Balaban J connectivity index is 1.05. The first-order chi connectivity index (χ1) is 19.9. The van der Waals surface area contributed by atoms with E-state index in [1.165, 1.54) is 18.3 Å². The van der Waals surface area contributed by atoms with Crippen LogP contribution in [0.25, 0.3) is 27.8 Å². The molecule has 204 valence electrons. The number of rotatable bonds is 5. The molecule has 3 atom stereocenters. The van der Waals surface area contributed by atoms with E-state index >= 15 is 0 Å². The number of fused-ring (bicyclic) bond motifs is 2. The van der Waals surface area contributed by atoms with Gasteiger partial charge in [0.25, 0.3) is 0 Å². The molecule has 1 saturated heterocycles. The van der Waals surface area contributed by atoms with Crippen molar-refractivity contribution in [1.29, 1.82) is 0 Å². The first-order valence-corrected chi connectivity index (χ1v) is 13.5. The molecule has 2 fully saturated rings. The van der Waals surface area contributed by atoms with Gasteiger partial charge in [-0.05, 0) is 65.9 Å². The van der Waals surface area contributed by atoms with Crippen LogP contribution in [0.2, 0.25) is 5.02 Å². The van der Waals surface area contributed by atoms with Crippen molar-refractivity contribution in [3.05, 3.63) is 102 Å². The van der Waals surface area contributed by atoms with Crippen molar-refractivity contribution >= 4 is 40.5 Å². The smallest absolute Gasteiger partial charge is 0.410 e. The fourth-order valence-electron chi connectivity index (χ4n) is 5.66. The molecular formula is C31H23ClFN5O3. The van der Waals surface area contributed by atoms with Crippen LogP contribution in [0.1, 0.15) is 0 Å². The van der Waals surface area contributed by atoms with Crippen LogP contribution < -0.4 is 10.1 Å². The third kappa shape index (κ3) is 4.78. The van der Waals surface area contributed by atoms with Gasteiger partial charge in [0.15, 0.2) is 0 Å². The Kier molecular flexibility index (Phi) is 6.16. The summed E-state index contributed by atoms with van der Waals surface area (Å²) in [5.41, 5.74) is 3.68. The number of hydrogen-bond acceptors (Lipinski definition) is 5. The summed E-state index contributed by atoms with van der Waals surface area (Å²) in [7, 11) is 0. The molecule has 0 radical (unpaired) electrons. The number of halogens is 2. The Morgan fingerprint density at radius 3 is 2.54 bits per heavy atom. The van der Waals surface area contributed by atoms with Gasteiger partial charge in [-0.15, -0.1) is 0 Å². The van der Waals surface area contributed by atoms with Gasteiger partial charge in [-0.2, -0.15) is 0 Å². The average Bonchev–Trinajstić information content (AvgIpc) is 3.28. The predicted octanol–water partition coefficient (Wildman–Crippen LogP) is 6.20. The number of piperidine rings is 1. The van der Waals surface area contributed by atoms with E-state index in [0.29, 0.717) is 40.9 Å². The molecule has 3 aromatic carbocycles. The number of benzene rings is 3. The van der Waals surface area contributed by atoms with Gasteiger partial charge in [-0.1, -0.05) is 41.9 Å². The quantitative estimate of drug-likeness (QED) is 0.273. The zero-order chi connectivity index (χ0) is 28.1. The number of ether oxygens (including phenoxy) is 1. The first-order valence-electron chi connectivity index (χ1n) is 13.2. The fraction of sp³-hybridized carbons (Fsp3) is 0.161. The number of hydrogen-bond donors (Lipinski definition) is 1. The van der Waals surface area contributed by atoms with E-state index in [-0.39, 0.29) is 29.5 Å². The van der Waals surface area contributed by atoms with E-state index in [4.69, 9.17) is 16.3 Å². The van der Waals surface area contributed by atoms with Gasteiger partial charge >= 0.3 is 6.09 Å². The van der Waals surface area contributed by atoms with Crippen molar-refractivity contribution < 1.29 is 18.7 Å². The molecule has 8 nitrogen and oxygen atoms in total. The maximum Gasteiger partial charge on any atom is 0.415 e. The largest absolute Gasteiger partial charge is 0.415 e. The number of imidazole rings is 1. The van der Waals surface area contributed by atoms with Crippen LogP contribution >= 0.6 is 11.6 Å². The molecule has 0 bridgehead atoms. The molecule has 0 spiro atoms. The Bertz CT molecular complexity index is 1800. The van der Waals surface area contributed by atoms with Crippen molar-refractivity contribution in [2.75, 3.05) is 18.4 Å². The van der Waals surface area contributed by atoms with Crippen molar-refractivity contribution in [3.63, 3.8) is 0 Å². The van der Waals surface area contributed by atoms with Crippen LogP contribution in [0.5, 0.6) is 5.75 Å². The SMILES string of the molecule is O=C(Nc1cc(-c2ccc3ncn(-c4cccc(F)c4)c3c2)c(Cl)cn1)C1[C@H]2CN(C(=O)Oc3ccccc3)C[C@@H]12. The topological polar surface area (TPSA) is 89.4 Å². The highest BCUT2D eigenvalue weighted by Crippen LogP contribution is 2.52. The Morgan fingerprint density at radius 2 is 1.76 bits per heavy atom. The number of carbonyl (C=O) groups is 2. The summed E-state index contributed by atoms with van der Waals surface area (Å²) in [6.45, 7) is 0.958. The maximum atomic E-state index is 13.9. The van der Waals surface area contributed by atoms with Gasteiger partial charge in [-0.25, -0.2) is 19.2 Å². The number of carbonyl (C=O) groups excluding carboxylic acids is 2. The summed E-state index contributed by atoms with van der Waals surface area (Å²) >= 11 is 6.53. The highest BCUT2D eigenvalue weighted by molar-refractivity contribution is 6.33. The van der Waals surface area contributed by atoms with Crippen LogP contribution in [0.15, 0.2) is 91.4 Å². The molecule has 2 amide bonds. The standard InChI is InChI=1S/C31H23ClFN5O3/c32-25-14-34-28(36-30(39)29-23-15-37(16-24(23)29)31(40)41-21-7-2-1-3-8-21)13-22(25)18-9-10-26-27(11-18)38(17-35-26)20-6-4-5-19(33)12-20/h1-14,17,23-24,29H,15-16H2,(H,34,36,39)/t23-,24+,29?. The fourth-order valence-corrected chi connectivity index (χ4v) is 5.88. The van der Waals surface area contributed by atoms with Gasteiger partial charge in [0.1, 0.15) is 23.7 Å².